The van der Waals surface area contributed by atoms with E-state index in [4.69, 9.17) is 0 Å². The second kappa shape index (κ2) is 14.4. The summed E-state index contributed by atoms with van der Waals surface area (Å²) < 4.78 is 2.39. The minimum atomic E-state index is -0.527. The number of hydrogen-bond donors (Lipinski definition) is 0. The van der Waals surface area contributed by atoms with Crippen molar-refractivity contribution >= 4 is 21.8 Å². The molecule has 12 aromatic rings. The van der Waals surface area contributed by atoms with Gasteiger partial charge in [-0.15, -0.1) is 0 Å². The molecule has 15 rings (SSSR count). The summed E-state index contributed by atoms with van der Waals surface area (Å²) in [6, 6.07) is 98.1. The first kappa shape index (κ1) is 38.3. The summed E-state index contributed by atoms with van der Waals surface area (Å²) in [5.74, 6) is 0. The van der Waals surface area contributed by atoms with E-state index in [1.54, 1.807) is 0 Å². The number of fused-ring (bicyclic) bond motifs is 19. The van der Waals surface area contributed by atoms with Crippen molar-refractivity contribution in [2.75, 3.05) is 0 Å². The average molecular weight is 874 g/mol. The molecular formula is C68H43N. The van der Waals surface area contributed by atoms with Gasteiger partial charge in [0.25, 0.3) is 0 Å². The molecule has 0 unspecified atom stereocenters. The summed E-state index contributed by atoms with van der Waals surface area (Å²) in [5, 5.41) is 2.50. The van der Waals surface area contributed by atoms with Crippen LogP contribution in [0, 0.1) is 0 Å². The van der Waals surface area contributed by atoms with Crippen molar-refractivity contribution in [3.8, 4) is 61.3 Å². The van der Waals surface area contributed by atoms with Gasteiger partial charge in [-0.25, -0.2) is 0 Å². The Morgan fingerprint density at radius 2 is 0.609 bits per heavy atom. The van der Waals surface area contributed by atoms with Gasteiger partial charge >= 0.3 is 0 Å². The Morgan fingerprint density at radius 3 is 1.17 bits per heavy atom. The summed E-state index contributed by atoms with van der Waals surface area (Å²) in [6.07, 6.45) is 0. The Hall–Kier alpha value is -8.78. The molecule has 1 heteroatoms. The first-order chi connectivity index (χ1) is 34.2. The monoisotopic (exact) mass is 873 g/mol. The zero-order valence-electron chi connectivity index (χ0n) is 37.8. The highest BCUT2D eigenvalue weighted by molar-refractivity contribution is 6.10. The minimum Gasteiger partial charge on any atom is -0.309 e. The van der Waals surface area contributed by atoms with E-state index in [9.17, 15) is 0 Å². The van der Waals surface area contributed by atoms with Crippen LogP contribution in [0.25, 0.3) is 83.1 Å². The molecule has 0 fully saturated rings. The van der Waals surface area contributed by atoms with Crippen LogP contribution in [0.1, 0.15) is 44.5 Å². The van der Waals surface area contributed by atoms with Crippen molar-refractivity contribution < 1.29 is 0 Å². The van der Waals surface area contributed by atoms with Crippen LogP contribution in [-0.2, 0) is 10.8 Å². The average Bonchev–Trinajstić information content (AvgIpc) is 4.03. The summed E-state index contributed by atoms with van der Waals surface area (Å²) >= 11 is 0. The van der Waals surface area contributed by atoms with Gasteiger partial charge in [-0.05, 0) is 155 Å². The molecule has 3 aliphatic rings. The molecular weight excluding hydrogens is 831 g/mol. The number of nitrogens with zero attached hydrogens (tertiary/aromatic N) is 1. The third-order valence-electron chi connectivity index (χ3n) is 15.9. The predicted octanol–water partition coefficient (Wildman–Crippen LogP) is 16.8. The molecule has 2 spiro atoms. The van der Waals surface area contributed by atoms with Gasteiger partial charge in [0.2, 0.25) is 0 Å². The zero-order valence-corrected chi connectivity index (χ0v) is 37.8. The van der Waals surface area contributed by atoms with Gasteiger partial charge in [0, 0.05) is 16.5 Å². The normalized spacial score (nSPS) is 14.0. The Kier molecular flexibility index (Phi) is 7.98. The second-order valence-corrected chi connectivity index (χ2v) is 19.1. The van der Waals surface area contributed by atoms with Crippen molar-refractivity contribution in [3.05, 3.63) is 305 Å². The number of aromatic nitrogens is 1. The quantitative estimate of drug-likeness (QED) is 0.166. The van der Waals surface area contributed by atoms with Crippen LogP contribution in [0.3, 0.4) is 0 Å². The summed E-state index contributed by atoms with van der Waals surface area (Å²) in [4.78, 5) is 0. The van der Waals surface area contributed by atoms with Gasteiger partial charge in [-0.2, -0.15) is 0 Å². The second-order valence-electron chi connectivity index (χ2n) is 19.1. The predicted molar refractivity (Wildman–Crippen MR) is 285 cm³/mol. The first-order valence-electron chi connectivity index (χ1n) is 24.2. The molecule has 0 aliphatic heterocycles. The maximum absolute atomic E-state index is 2.49. The molecule has 11 aromatic carbocycles. The minimum absolute atomic E-state index is 0.461. The largest absolute Gasteiger partial charge is 0.309 e. The molecule has 69 heavy (non-hydrogen) atoms. The molecule has 0 amide bonds. The molecule has 1 nitrogen and oxygen atoms in total. The standard InChI is InChI=1S/C68H43N/c1-3-19-44(20-4-1)47-39-48(41-49(40-47)46-36-38-66-56(43-46)54-26-10-18-34-65(54)69(66)50-21-5-2-6-22-50)45-35-37-60-55(42-45)53-25-9-13-29-59(53)68(60)63-32-16-14-30-61(63)67(62-31-15-17-33-64(62)68)57-27-11-7-23-51(57)52-24-8-12-28-58(52)67/h1-43H. The van der Waals surface area contributed by atoms with Crippen LogP contribution in [0.4, 0.5) is 0 Å². The van der Waals surface area contributed by atoms with Gasteiger partial charge in [-0.3, -0.25) is 0 Å². The molecule has 3 aliphatic carbocycles. The van der Waals surface area contributed by atoms with Crippen LogP contribution >= 0.6 is 0 Å². The molecule has 0 saturated carbocycles. The van der Waals surface area contributed by atoms with Gasteiger partial charge in [-0.1, -0.05) is 206 Å². The lowest BCUT2D eigenvalue weighted by Crippen LogP contribution is -2.43. The van der Waals surface area contributed by atoms with E-state index in [1.807, 2.05) is 0 Å². The van der Waals surface area contributed by atoms with Crippen molar-refractivity contribution in [3.63, 3.8) is 0 Å². The lowest BCUT2D eigenvalue weighted by molar-refractivity contribution is 0.633. The van der Waals surface area contributed by atoms with E-state index in [-0.39, 0.29) is 0 Å². The van der Waals surface area contributed by atoms with E-state index < -0.39 is 10.8 Å². The summed E-state index contributed by atoms with van der Waals surface area (Å²) in [7, 11) is 0. The van der Waals surface area contributed by atoms with Crippen LogP contribution in [0.15, 0.2) is 261 Å². The highest BCUT2D eigenvalue weighted by atomic mass is 15.0. The Morgan fingerprint density at radius 1 is 0.217 bits per heavy atom. The molecule has 0 atom stereocenters. The fourth-order valence-corrected chi connectivity index (χ4v) is 13.2. The fourth-order valence-electron chi connectivity index (χ4n) is 13.2. The van der Waals surface area contributed by atoms with Crippen LogP contribution in [0.5, 0.6) is 0 Å². The molecule has 0 radical (unpaired) electrons. The number of rotatable bonds is 4. The lowest BCUT2D eigenvalue weighted by atomic mass is 9.52. The van der Waals surface area contributed by atoms with Gasteiger partial charge in [0.1, 0.15) is 0 Å². The Bertz CT molecular complexity index is 3980. The highest BCUT2D eigenvalue weighted by Crippen LogP contribution is 2.67. The number of para-hydroxylation sites is 2. The van der Waals surface area contributed by atoms with Crippen LogP contribution in [0.2, 0.25) is 0 Å². The van der Waals surface area contributed by atoms with Crippen molar-refractivity contribution in [2.24, 2.45) is 0 Å². The van der Waals surface area contributed by atoms with Crippen molar-refractivity contribution in [1.29, 1.82) is 0 Å². The van der Waals surface area contributed by atoms with E-state index in [0.717, 1.165) is 0 Å². The SMILES string of the molecule is c1ccc(-c2cc(-c3ccc4c(c3)-c3ccccc3C43c4ccccc4C4(c5ccccc5-c5ccccc54)c4ccccc43)cc(-c3ccc4c(c3)c3ccccc3n4-c3ccccc3)c2)cc1. The first-order valence-corrected chi connectivity index (χ1v) is 24.2. The zero-order chi connectivity index (χ0) is 45.3. The third-order valence-corrected chi connectivity index (χ3v) is 15.9. The van der Waals surface area contributed by atoms with Gasteiger partial charge < -0.3 is 4.57 Å². The Labute approximate surface area is 401 Å². The van der Waals surface area contributed by atoms with Gasteiger partial charge in [0.05, 0.1) is 21.9 Å². The Balaban J connectivity index is 0.950. The van der Waals surface area contributed by atoms with E-state index in [1.165, 1.54) is 128 Å². The molecule has 320 valence electrons. The lowest BCUT2D eigenvalue weighted by Gasteiger charge is -2.48. The molecule has 1 aromatic heterocycles. The van der Waals surface area contributed by atoms with E-state index in [2.05, 4.69) is 265 Å². The molecule has 0 saturated heterocycles. The van der Waals surface area contributed by atoms with Crippen molar-refractivity contribution in [2.45, 2.75) is 10.8 Å². The smallest absolute Gasteiger partial charge is 0.0720 e. The number of benzene rings is 11. The molecule has 0 N–H and O–H groups in total. The van der Waals surface area contributed by atoms with Gasteiger partial charge in [0.15, 0.2) is 0 Å². The van der Waals surface area contributed by atoms with Crippen LogP contribution < -0.4 is 0 Å². The van der Waals surface area contributed by atoms with E-state index in [0.29, 0.717) is 0 Å². The molecule has 1 heterocycles. The third kappa shape index (κ3) is 5.09. The maximum atomic E-state index is 2.49. The molecule has 0 bridgehead atoms. The summed E-state index contributed by atoms with van der Waals surface area (Å²) in [6.45, 7) is 0. The maximum Gasteiger partial charge on any atom is 0.0720 e. The fraction of sp³-hybridized carbons (Fsp3) is 0.0294. The van der Waals surface area contributed by atoms with Crippen LogP contribution in [-0.4, -0.2) is 4.57 Å². The van der Waals surface area contributed by atoms with E-state index >= 15 is 0 Å². The summed E-state index contributed by atoms with van der Waals surface area (Å²) in [5.41, 5.74) is 25.8. The topological polar surface area (TPSA) is 4.93 Å². The number of hydrogen-bond acceptors (Lipinski definition) is 0. The highest BCUT2D eigenvalue weighted by Gasteiger charge is 2.58. The van der Waals surface area contributed by atoms with Crippen molar-refractivity contribution in [1.82, 2.24) is 4.57 Å².